The Kier molecular flexibility index (Phi) is 12.4. The molecule has 0 atom stereocenters. The zero-order chi connectivity index (χ0) is 25.7. The Hall–Kier alpha value is -2.27. The minimum Gasteiger partial charge on any atom is -0.381 e. The normalized spacial score (nSPS) is 14.5. The highest BCUT2D eigenvalue weighted by atomic mass is 32.2. The molecule has 0 aromatic heterocycles. The van der Waals surface area contributed by atoms with Crippen molar-refractivity contribution in [1.29, 1.82) is 0 Å². The first-order valence-corrected chi connectivity index (χ1v) is 13.6. The summed E-state index contributed by atoms with van der Waals surface area (Å²) in [4.78, 5) is 27.5. The summed E-state index contributed by atoms with van der Waals surface area (Å²) in [5, 5.41) is 14.5. The van der Waals surface area contributed by atoms with Gasteiger partial charge in [-0.1, -0.05) is 25.1 Å². The summed E-state index contributed by atoms with van der Waals surface area (Å²) < 4.78 is 8.15. The number of carbonyl (C=O) groups is 1. The third-order valence-electron chi connectivity index (χ3n) is 5.65. The molecule has 35 heavy (non-hydrogen) atoms. The van der Waals surface area contributed by atoms with Crippen LogP contribution in [-0.2, 0) is 9.53 Å². The van der Waals surface area contributed by atoms with Crippen molar-refractivity contribution in [3.8, 4) is 0 Å². The van der Waals surface area contributed by atoms with Crippen molar-refractivity contribution in [2.75, 3.05) is 52.0 Å². The minimum absolute atomic E-state index is 0.0105. The Balaban J connectivity index is 0.000000456. The fourth-order valence-electron chi connectivity index (χ4n) is 3.33. The second-order valence-corrected chi connectivity index (χ2v) is 10.5. The summed E-state index contributed by atoms with van der Waals surface area (Å²) >= 11 is 2.88. The summed E-state index contributed by atoms with van der Waals surface area (Å²) in [5.74, 6) is -0.0654. The van der Waals surface area contributed by atoms with Crippen LogP contribution in [0.2, 0.25) is 0 Å². The van der Waals surface area contributed by atoms with Gasteiger partial charge in [0.25, 0.3) is 5.69 Å². The molecular formula is C25H36N4O4S2. The Morgan fingerprint density at radius 1 is 1.14 bits per heavy atom. The minimum atomic E-state index is -0.453. The maximum absolute atomic E-state index is 12.5. The van der Waals surface area contributed by atoms with Gasteiger partial charge in [0.1, 0.15) is 5.69 Å². The molecule has 2 aromatic carbocycles. The number of rotatable bonds is 10. The standard InChI is InChI=1S/C18H28N4O4S.C7H8S/c1-18(7-11-26-12-8-18)17(23)20-27-14-5-6-15(16(13-14)22(24)25)19-9-4-10-21(2)3;1-8-7-5-3-2-4-6-7/h5-6,13,19H,4,7-12H2,1-3H3,(H,20,23);2-6H,1H3. The van der Waals surface area contributed by atoms with E-state index in [0.29, 0.717) is 43.2 Å². The van der Waals surface area contributed by atoms with Crippen molar-refractivity contribution in [2.24, 2.45) is 5.41 Å². The Morgan fingerprint density at radius 3 is 2.40 bits per heavy atom. The number of hydrogen-bond donors (Lipinski definition) is 2. The second kappa shape index (κ2) is 15.0. The molecule has 192 valence electrons. The van der Waals surface area contributed by atoms with Gasteiger partial charge in [-0.3, -0.25) is 19.6 Å². The van der Waals surface area contributed by atoms with E-state index >= 15 is 0 Å². The number of anilines is 1. The van der Waals surface area contributed by atoms with Gasteiger partial charge in [0.15, 0.2) is 0 Å². The molecule has 1 saturated heterocycles. The number of nitro benzene ring substituents is 1. The number of ether oxygens (including phenoxy) is 1. The molecule has 3 rings (SSSR count). The SMILES string of the molecule is CN(C)CCCNc1ccc(SNC(=O)C2(C)CCOCC2)cc1[N+](=O)[O-].CSc1ccccc1. The molecule has 1 amide bonds. The van der Waals surface area contributed by atoms with Crippen molar-refractivity contribution in [3.63, 3.8) is 0 Å². The topological polar surface area (TPSA) is 96.7 Å². The van der Waals surface area contributed by atoms with E-state index in [1.165, 1.54) is 11.0 Å². The smallest absolute Gasteiger partial charge is 0.293 e. The monoisotopic (exact) mass is 520 g/mol. The van der Waals surface area contributed by atoms with Crippen LogP contribution in [0.1, 0.15) is 26.2 Å². The van der Waals surface area contributed by atoms with E-state index < -0.39 is 10.3 Å². The lowest BCUT2D eigenvalue weighted by atomic mass is 9.82. The van der Waals surface area contributed by atoms with Gasteiger partial charge in [-0.25, -0.2) is 0 Å². The number of nitrogens with one attached hydrogen (secondary N) is 2. The predicted octanol–water partition coefficient (Wildman–Crippen LogP) is 5.31. The largest absolute Gasteiger partial charge is 0.381 e. The summed E-state index contributed by atoms with van der Waals surface area (Å²) in [6, 6.07) is 15.3. The predicted molar refractivity (Wildman–Crippen MR) is 145 cm³/mol. The number of amides is 1. The summed E-state index contributed by atoms with van der Waals surface area (Å²) in [7, 11) is 3.98. The van der Waals surface area contributed by atoms with Crippen LogP contribution in [0.15, 0.2) is 58.3 Å². The van der Waals surface area contributed by atoms with Crippen LogP contribution in [0, 0.1) is 15.5 Å². The van der Waals surface area contributed by atoms with Gasteiger partial charge in [-0.2, -0.15) is 0 Å². The van der Waals surface area contributed by atoms with Crippen LogP contribution in [0.4, 0.5) is 11.4 Å². The first-order chi connectivity index (χ1) is 16.7. The van der Waals surface area contributed by atoms with E-state index in [1.54, 1.807) is 23.9 Å². The molecule has 1 heterocycles. The molecule has 0 spiro atoms. The van der Waals surface area contributed by atoms with Gasteiger partial charge in [-0.15, -0.1) is 11.8 Å². The quantitative estimate of drug-likeness (QED) is 0.143. The molecular weight excluding hydrogens is 484 g/mol. The Morgan fingerprint density at radius 2 is 1.83 bits per heavy atom. The molecule has 1 aliphatic rings. The maximum atomic E-state index is 12.5. The van der Waals surface area contributed by atoms with Crippen molar-refractivity contribution in [2.45, 2.75) is 36.0 Å². The van der Waals surface area contributed by atoms with Crippen LogP contribution in [0.5, 0.6) is 0 Å². The number of benzene rings is 2. The van der Waals surface area contributed by atoms with Crippen molar-refractivity contribution < 1.29 is 14.5 Å². The summed E-state index contributed by atoms with van der Waals surface area (Å²) in [6.07, 6.45) is 4.32. The molecule has 2 aromatic rings. The van der Waals surface area contributed by atoms with Crippen LogP contribution < -0.4 is 10.0 Å². The number of nitro groups is 1. The third kappa shape index (κ3) is 10.1. The average molecular weight is 521 g/mol. The molecule has 8 nitrogen and oxygen atoms in total. The average Bonchev–Trinajstić information content (AvgIpc) is 2.86. The maximum Gasteiger partial charge on any atom is 0.293 e. The Labute approximate surface area is 216 Å². The molecule has 0 radical (unpaired) electrons. The van der Waals surface area contributed by atoms with E-state index in [9.17, 15) is 14.9 Å². The molecule has 0 saturated carbocycles. The Bertz CT molecular complexity index is 938. The first-order valence-electron chi connectivity index (χ1n) is 11.6. The fraction of sp³-hybridized carbons (Fsp3) is 0.480. The van der Waals surface area contributed by atoms with Crippen molar-refractivity contribution >= 4 is 41.0 Å². The van der Waals surface area contributed by atoms with Gasteiger partial charge in [0, 0.05) is 35.6 Å². The van der Waals surface area contributed by atoms with Gasteiger partial charge >= 0.3 is 0 Å². The van der Waals surface area contributed by atoms with Gasteiger partial charge < -0.3 is 15.0 Å². The highest BCUT2D eigenvalue weighted by Gasteiger charge is 2.35. The van der Waals surface area contributed by atoms with E-state index in [1.807, 2.05) is 39.2 Å². The van der Waals surface area contributed by atoms with E-state index in [4.69, 9.17) is 4.74 Å². The molecule has 10 heteroatoms. The van der Waals surface area contributed by atoms with Crippen LogP contribution >= 0.6 is 23.7 Å². The number of nitrogens with zero attached hydrogens (tertiary/aromatic N) is 2. The van der Waals surface area contributed by atoms with Crippen LogP contribution in [0.3, 0.4) is 0 Å². The number of hydrogen-bond acceptors (Lipinski definition) is 8. The van der Waals surface area contributed by atoms with Crippen LogP contribution in [-0.4, -0.2) is 62.4 Å². The van der Waals surface area contributed by atoms with Gasteiger partial charge in [0.05, 0.1) is 10.3 Å². The number of carbonyl (C=O) groups excluding carboxylic acids is 1. The molecule has 0 bridgehead atoms. The van der Waals surface area contributed by atoms with E-state index in [2.05, 4.69) is 33.3 Å². The summed E-state index contributed by atoms with van der Waals surface area (Å²) in [5.41, 5.74) is 0.0488. The zero-order valence-electron chi connectivity index (χ0n) is 20.9. The zero-order valence-corrected chi connectivity index (χ0v) is 22.5. The highest BCUT2D eigenvalue weighted by Crippen LogP contribution is 2.33. The van der Waals surface area contributed by atoms with Crippen LogP contribution in [0.25, 0.3) is 0 Å². The molecule has 0 aliphatic carbocycles. The molecule has 1 fully saturated rings. The number of thioether (sulfide) groups is 1. The van der Waals surface area contributed by atoms with Gasteiger partial charge in [0.2, 0.25) is 5.91 Å². The van der Waals surface area contributed by atoms with Crippen molar-refractivity contribution in [1.82, 2.24) is 9.62 Å². The fourth-order valence-corrected chi connectivity index (χ4v) is 4.52. The van der Waals surface area contributed by atoms with E-state index in [-0.39, 0.29) is 11.6 Å². The first kappa shape index (κ1) is 29.0. The lowest BCUT2D eigenvalue weighted by Gasteiger charge is -2.31. The highest BCUT2D eigenvalue weighted by molar-refractivity contribution is 7.98. The molecule has 2 N–H and O–H groups in total. The summed E-state index contributed by atoms with van der Waals surface area (Å²) in [6.45, 7) is 4.64. The van der Waals surface area contributed by atoms with E-state index in [0.717, 1.165) is 24.9 Å². The van der Waals surface area contributed by atoms with Crippen molar-refractivity contribution in [3.05, 3.63) is 58.6 Å². The lowest BCUT2D eigenvalue weighted by molar-refractivity contribution is -0.384. The molecule has 1 aliphatic heterocycles. The third-order valence-corrected chi connectivity index (χ3v) is 7.17. The van der Waals surface area contributed by atoms with Gasteiger partial charge in [-0.05, 0) is 82.4 Å². The second-order valence-electron chi connectivity index (χ2n) is 8.74. The molecule has 0 unspecified atom stereocenters. The lowest BCUT2D eigenvalue weighted by Crippen LogP contribution is -2.40.